The molecule has 9 nitrogen and oxygen atoms in total. The van der Waals surface area contributed by atoms with Gasteiger partial charge in [0.15, 0.2) is 10.2 Å². The summed E-state index contributed by atoms with van der Waals surface area (Å²) in [6, 6.07) is 9.27. The van der Waals surface area contributed by atoms with Gasteiger partial charge in [-0.25, -0.2) is 19.9 Å². The van der Waals surface area contributed by atoms with E-state index in [2.05, 4.69) is 35.5 Å². The predicted molar refractivity (Wildman–Crippen MR) is 137 cm³/mol. The van der Waals surface area contributed by atoms with Gasteiger partial charge in [0.1, 0.15) is 22.5 Å². The highest BCUT2D eigenvalue weighted by molar-refractivity contribution is 8.00. The minimum absolute atomic E-state index is 0.194. The van der Waals surface area contributed by atoms with Crippen molar-refractivity contribution < 1.29 is 9.53 Å². The number of carbonyl (C=O) groups is 1. The molecule has 5 rings (SSSR count). The molecule has 0 spiro atoms. The third-order valence-electron chi connectivity index (χ3n) is 5.44. The Bertz CT molecular complexity index is 1340. The zero-order valence-electron chi connectivity index (χ0n) is 18.7. The van der Waals surface area contributed by atoms with Gasteiger partial charge in [-0.05, 0) is 43.0 Å². The van der Waals surface area contributed by atoms with Gasteiger partial charge in [-0.1, -0.05) is 29.2 Å². The SMILES string of the molecule is CSc1nc2c(Nc3cc(NC(=O)c4ccnc(N5CCOCC5)c4)ccc3C)ncnc2s1. The second kappa shape index (κ2) is 9.92. The van der Waals surface area contributed by atoms with Crippen molar-refractivity contribution >= 4 is 62.4 Å². The van der Waals surface area contributed by atoms with Crippen LogP contribution < -0.4 is 15.5 Å². The topological polar surface area (TPSA) is 105 Å². The number of morpholine rings is 1. The normalized spacial score (nSPS) is 13.8. The minimum Gasteiger partial charge on any atom is -0.378 e. The van der Waals surface area contributed by atoms with Gasteiger partial charge in [-0.15, -0.1) is 0 Å². The monoisotopic (exact) mass is 493 g/mol. The van der Waals surface area contributed by atoms with Crippen molar-refractivity contribution in [1.82, 2.24) is 19.9 Å². The zero-order valence-corrected chi connectivity index (χ0v) is 20.4. The first-order valence-corrected chi connectivity index (χ1v) is 12.8. The second-order valence-corrected chi connectivity index (χ2v) is 9.70. The van der Waals surface area contributed by atoms with Crippen LogP contribution in [-0.4, -0.2) is 58.4 Å². The largest absolute Gasteiger partial charge is 0.378 e. The lowest BCUT2D eigenvalue weighted by atomic mass is 10.1. The van der Waals surface area contributed by atoms with Crippen LogP contribution in [0.2, 0.25) is 0 Å². The summed E-state index contributed by atoms with van der Waals surface area (Å²) >= 11 is 3.12. The first-order valence-electron chi connectivity index (χ1n) is 10.7. The number of hydrogen-bond donors (Lipinski definition) is 2. The molecule has 0 bridgehead atoms. The number of aryl methyl sites for hydroxylation is 1. The summed E-state index contributed by atoms with van der Waals surface area (Å²) in [6.45, 7) is 4.85. The van der Waals surface area contributed by atoms with E-state index in [-0.39, 0.29) is 5.91 Å². The number of amides is 1. The molecule has 1 aromatic carbocycles. The highest BCUT2D eigenvalue weighted by atomic mass is 32.2. The van der Waals surface area contributed by atoms with Crippen LogP contribution in [0, 0.1) is 6.92 Å². The molecule has 1 aliphatic rings. The van der Waals surface area contributed by atoms with E-state index >= 15 is 0 Å². The van der Waals surface area contributed by atoms with E-state index in [1.165, 1.54) is 17.7 Å². The fourth-order valence-corrected chi connectivity index (χ4v) is 5.00. The van der Waals surface area contributed by atoms with Gasteiger partial charge in [0.2, 0.25) is 0 Å². The van der Waals surface area contributed by atoms with Crippen LogP contribution in [0.15, 0.2) is 47.2 Å². The van der Waals surface area contributed by atoms with Crippen LogP contribution in [0.1, 0.15) is 15.9 Å². The number of nitrogens with zero attached hydrogens (tertiary/aromatic N) is 5. The molecule has 0 unspecified atom stereocenters. The van der Waals surface area contributed by atoms with E-state index in [0.717, 1.165) is 44.8 Å². The average Bonchev–Trinajstić information content (AvgIpc) is 3.31. The van der Waals surface area contributed by atoms with Gasteiger partial charge in [0.05, 0.1) is 13.2 Å². The smallest absolute Gasteiger partial charge is 0.255 e. The van der Waals surface area contributed by atoms with Crippen molar-refractivity contribution in [3.8, 4) is 0 Å². The zero-order chi connectivity index (χ0) is 23.5. The van der Waals surface area contributed by atoms with Gasteiger partial charge in [-0.2, -0.15) is 0 Å². The summed E-state index contributed by atoms with van der Waals surface area (Å²) in [7, 11) is 0. The Balaban J connectivity index is 1.35. The number of rotatable bonds is 6. The van der Waals surface area contributed by atoms with Crippen molar-refractivity contribution in [2.75, 3.05) is 48.1 Å². The number of thiazole rings is 1. The molecule has 11 heteroatoms. The molecule has 2 N–H and O–H groups in total. The lowest BCUT2D eigenvalue weighted by Gasteiger charge is -2.27. The highest BCUT2D eigenvalue weighted by Gasteiger charge is 2.16. The summed E-state index contributed by atoms with van der Waals surface area (Å²) < 4.78 is 6.34. The maximum absolute atomic E-state index is 13.0. The van der Waals surface area contributed by atoms with Crippen LogP contribution in [0.4, 0.5) is 23.0 Å². The van der Waals surface area contributed by atoms with Gasteiger partial charge in [0, 0.05) is 36.2 Å². The van der Waals surface area contributed by atoms with Crippen LogP contribution in [0.5, 0.6) is 0 Å². The Hall–Kier alpha value is -3.28. The summed E-state index contributed by atoms with van der Waals surface area (Å²) in [6.07, 6.45) is 5.18. The van der Waals surface area contributed by atoms with E-state index < -0.39 is 0 Å². The number of fused-ring (bicyclic) bond motifs is 1. The number of benzene rings is 1. The van der Waals surface area contributed by atoms with Crippen LogP contribution in [0.25, 0.3) is 10.3 Å². The van der Waals surface area contributed by atoms with E-state index in [1.54, 1.807) is 24.0 Å². The number of carbonyl (C=O) groups excluding carboxylic acids is 1. The summed E-state index contributed by atoms with van der Waals surface area (Å²) in [5.74, 6) is 1.22. The first kappa shape index (κ1) is 22.5. The molecule has 0 aliphatic carbocycles. The number of anilines is 4. The van der Waals surface area contributed by atoms with Gasteiger partial charge in [0.25, 0.3) is 5.91 Å². The van der Waals surface area contributed by atoms with Gasteiger partial charge in [-0.3, -0.25) is 4.79 Å². The van der Waals surface area contributed by atoms with E-state index in [0.29, 0.717) is 30.3 Å². The third-order valence-corrected chi connectivity index (χ3v) is 7.39. The number of hydrogen-bond acceptors (Lipinski definition) is 10. The molecule has 1 amide bonds. The van der Waals surface area contributed by atoms with Crippen molar-refractivity contribution in [1.29, 1.82) is 0 Å². The number of aromatic nitrogens is 4. The Morgan fingerprint density at radius 1 is 1.15 bits per heavy atom. The Kier molecular flexibility index (Phi) is 6.57. The molecule has 34 heavy (non-hydrogen) atoms. The molecular formula is C23H23N7O2S2. The van der Waals surface area contributed by atoms with Crippen LogP contribution in [-0.2, 0) is 4.74 Å². The molecule has 1 saturated heterocycles. The predicted octanol–water partition coefficient (Wildman–Crippen LogP) is 4.34. The number of nitrogens with one attached hydrogen (secondary N) is 2. The number of pyridine rings is 1. The molecule has 4 heterocycles. The summed E-state index contributed by atoms with van der Waals surface area (Å²) in [5, 5.41) is 6.35. The quantitative estimate of drug-likeness (QED) is 0.379. The standard InChI is InChI=1S/C23H23N7O2S2/c1-14-3-4-16(12-17(14)28-20-19-22(26-13-25-20)34-23(29-19)33-2)27-21(31)15-5-6-24-18(11-15)30-7-9-32-10-8-30/h3-6,11-13H,7-10H2,1-2H3,(H,27,31)(H,25,26,28). The molecule has 1 fully saturated rings. The molecule has 3 aromatic heterocycles. The maximum atomic E-state index is 13.0. The van der Waals surface area contributed by atoms with E-state index in [4.69, 9.17) is 4.74 Å². The van der Waals surface area contributed by atoms with Crippen molar-refractivity contribution in [3.63, 3.8) is 0 Å². The number of thioether (sulfide) groups is 1. The Morgan fingerprint density at radius 2 is 2.00 bits per heavy atom. The second-order valence-electron chi connectivity index (χ2n) is 7.67. The van der Waals surface area contributed by atoms with Crippen LogP contribution in [0.3, 0.4) is 0 Å². The lowest BCUT2D eigenvalue weighted by molar-refractivity contribution is 0.102. The van der Waals surface area contributed by atoms with Crippen molar-refractivity contribution in [3.05, 3.63) is 54.0 Å². The Morgan fingerprint density at radius 3 is 2.82 bits per heavy atom. The fraction of sp³-hybridized carbons (Fsp3) is 0.261. The molecule has 0 saturated carbocycles. The van der Waals surface area contributed by atoms with Crippen molar-refractivity contribution in [2.24, 2.45) is 0 Å². The minimum atomic E-state index is -0.194. The Labute approximate surface area is 205 Å². The molecule has 1 aliphatic heterocycles. The third kappa shape index (κ3) is 4.81. The van der Waals surface area contributed by atoms with Gasteiger partial charge < -0.3 is 20.3 Å². The summed E-state index contributed by atoms with van der Waals surface area (Å²) in [4.78, 5) is 33.7. The van der Waals surface area contributed by atoms with E-state index in [1.807, 2.05) is 37.4 Å². The average molecular weight is 494 g/mol. The molecular weight excluding hydrogens is 470 g/mol. The van der Waals surface area contributed by atoms with E-state index in [9.17, 15) is 4.79 Å². The van der Waals surface area contributed by atoms with Gasteiger partial charge >= 0.3 is 0 Å². The molecule has 174 valence electrons. The molecule has 0 atom stereocenters. The molecule has 4 aromatic rings. The first-order chi connectivity index (χ1) is 16.6. The molecule has 0 radical (unpaired) electrons. The highest BCUT2D eigenvalue weighted by Crippen LogP contribution is 2.32. The number of ether oxygens (including phenoxy) is 1. The van der Waals surface area contributed by atoms with Crippen molar-refractivity contribution in [2.45, 2.75) is 11.3 Å². The maximum Gasteiger partial charge on any atom is 0.255 e. The van der Waals surface area contributed by atoms with Crippen LogP contribution >= 0.6 is 23.1 Å². The lowest BCUT2D eigenvalue weighted by Crippen LogP contribution is -2.36. The fourth-order valence-electron chi connectivity index (χ4n) is 3.60. The summed E-state index contributed by atoms with van der Waals surface area (Å²) in [5.41, 5.74) is 3.81.